The topological polar surface area (TPSA) is 67.6 Å². The number of anilines is 1. The van der Waals surface area contributed by atoms with Gasteiger partial charge in [0.15, 0.2) is 5.89 Å². The summed E-state index contributed by atoms with van der Waals surface area (Å²) in [6, 6.07) is 7.86. The number of nitrogens with zero attached hydrogens (tertiary/aromatic N) is 2. The molecule has 2 aromatic rings. The van der Waals surface area contributed by atoms with Crippen molar-refractivity contribution in [3.8, 4) is 0 Å². The normalized spacial score (nSPS) is 15.4. The predicted molar refractivity (Wildman–Crippen MR) is 91.1 cm³/mol. The second-order valence-electron chi connectivity index (χ2n) is 5.88. The minimum absolute atomic E-state index is 0.255. The van der Waals surface area contributed by atoms with E-state index < -0.39 is 0 Å². The Morgan fingerprint density at radius 1 is 1.29 bits per heavy atom. The number of aromatic nitrogens is 1. The fourth-order valence-electron chi connectivity index (χ4n) is 2.77. The van der Waals surface area contributed by atoms with Gasteiger partial charge in [-0.2, -0.15) is 0 Å². The van der Waals surface area contributed by atoms with Crippen LogP contribution in [-0.2, 0) is 17.7 Å². The van der Waals surface area contributed by atoms with Crippen LogP contribution in [0.3, 0.4) is 0 Å². The van der Waals surface area contributed by atoms with Gasteiger partial charge in [0, 0.05) is 31.7 Å². The van der Waals surface area contributed by atoms with Gasteiger partial charge in [0.05, 0.1) is 18.9 Å². The van der Waals surface area contributed by atoms with Crippen LogP contribution >= 0.6 is 0 Å². The summed E-state index contributed by atoms with van der Waals surface area (Å²) >= 11 is 0. The Balaban J connectivity index is 1.74. The van der Waals surface area contributed by atoms with Crippen molar-refractivity contribution in [1.82, 2.24) is 9.88 Å². The number of rotatable bonds is 5. The van der Waals surface area contributed by atoms with Gasteiger partial charge in [-0.05, 0) is 18.6 Å². The number of carbonyl (C=O) groups excluding carboxylic acids is 1. The van der Waals surface area contributed by atoms with E-state index in [4.69, 9.17) is 9.15 Å². The predicted octanol–water partition coefficient (Wildman–Crippen LogP) is 2.63. The molecule has 1 aromatic heterocycles. The Bertz CT molecular complexity index is 705. The molecule has 3 rings (SSSR count). The largest absolute Gasteiger partial charge is 0.435 e. The van der Waals surface area contributed by atoms with Gasteiger partial charge in [0.25, 0.3) is 5.91 Å². The minimum atomic E-state index is -0.255. The third kappa shape index (κ3) is 3.83. The standard InChI is InChI=1S/C18H23N3O3/c1-3-16-19-13(2)17(24-16)18(22)20-15-7-5-4-6-14(15)12-21-8-10-23-11-9-21/h4-7H,3,8-12H2,1-2H3,(H,20,22). The van der Waals surface area contributed by atoms with Crippen LogP contribution in [0.25, 0.3) is 0 Å². The van der Waals surface area contributed by atoms with Crippen molar-refractivity contribution in [2.45, 2.75) is 26.8 Å². The van der Waals surface area contributed by atoms with Crippen LogP contribution in [0, 0.1) is 6.92 Å². The number of aryl methyl sites for hydroxylation is 2. The van der Waals surface area contributed by atoms with Crippen LogP contribution in [0.4, 0.5) is 5.69 Å². The van der Waals surface area contributed by atoms with Crippen LogP contribution in [0.5, 0.6) is 0 Å². The number of oxazole rings is 1. The van der Waals surface area contributed by atoms with E-state index in [9.17, 15) is 4.79 Å². The first kappa shape index (κ1) is 16.7. The van der Waals surface area contributed by atoms with Crippen LogP contribution in [0.15, 0.2) is 28.7 Å². The van der Waals surface area contributed by atoms with E-state index in [1.165, 1.54) is 0 Å². The molecule has 1 N–H and O–H groups in total. The van der Waals surface area contributed by atoms with Gasteiger partial charge >= 0.3 is 0 Å². The van der Waals surface area contributed by atoms with Crippen molar-refractivity contribution in [2.24, 2.45) is 0 Å². The summed E-state index contributed by atoms with van der Waals surface area (Å²) in [6.45, 7) is 7.85. The molecule has 2 heterocycles. The van der Waals surface area contributed by atoms with E-state index in [2.05, 4.69) is 15.2 Å². The van der Waals surface area contributed by atoms with Crippen molar-refractivity contribution in [3.63, 3.8) is 0 Å². The zero-order valence-electron chi connectivity index (χ0n) is 14.2. The lowest BCUT2D eigenvalue weighted by atomic mass is 10.1. The second kappa shape index (κ2) is 7.59. The molecule has 6 nitrogen and oxygen atoms in total. The van der Waals surface area contributed by atoms with Crippen LogP contribution in [0.2, 0.25) is 0 Å². The van der Waals surface area contributed by atoms with E-state index in [-0.39, 0.29) is 11.7 Å². The average molecular weight is 329 g/mol. The molecular formula is C18H23N3O3. The number of para-hydroxylation sites is 1. The zero-order valence-corrected chi connectivity index (χ0v) is 14.2. The average Bonchev–Trinajstić information content (AvgIpc) is 2.99. The van der Waals surface area contributed by atoms with Gasteiger partial charge in [-0.1, -0.05) is 25.1 Å². The number of hydrogen-bond donors (Lipinski definition) is 1. The first-order chi connectivity index (χ1) is 11.7. The molecule has 128 valence electrons. The molecule has 1 fully saturated rings. The Hall–Kier alpha value is -2.18. The van der Waals surface area contributed by atoms with Crippen molar-refractivity contribution < 1.29 is 13.9 Å². The Kier molecular flexibility index (Phi) is 5.27. The van der Waals surface area contributed by atoms with Gasteiger partial charge < -0.3 is 14.5 Å². The van der Waals surface area contributed by atoms with Gasteiger partial charge in [-0.25, -0.2) is 4.98 Å². The molecule has 6 heteroatoms. The molecule has 1 saturated heterocycles. The Morgan fingerprint density at radius 2 is 2.04 bits per heavy atom. The summed E-state index contributed by atoms with van der Waals surface area (Å²) < 4.78 is 10.9. The lowest BCUT2D eigenvalue weighted by Gasteiger charge is -2.27. The molecule has 1 aliphatic heterocycles. The highest BCUT2D eigenvalue weighted by Crippen LogP contribution is 2.20. The van der Waals surface area contributed by atoms with Crippen molar-refractivity contribution in [2.75, 3.05) is 31.6 Å². The minimum Gasteiger partial charge on any atom is -0.435 e. The molecule has 0 radical (unpaired) electrons. The van der Waals surface area contributed by atoms with E-state index >= 15 is 0 Å². The third-order valence-corrected chi connectivity index (χ3v) is 4.11. The van der Waals surface area contributed by atoms with E-state index in [0.29, 0.717) is 18.0 Å². The van der Waals surface area contributed by atoms with Crippen LogP contribution in [0.1, 0.15) is 34.6 Å². The lowest BCUT2D eigenvalue weighted by Crippen LogP contribution is -2.35. The highest BCUT2D eigenvalue weighted by Gasteiger charge is 2.19. The molecule has 1 aliphatic rings. The SMILES string of the molecule is CCc1nc(C)c(C(=O)Nc2ccccc2CN2CCOCC2)o1. The van der Waals surface area contributed by atoms with Gasteiger partial charge in [-0.3, -0.25) is 9.69 Å². The van der Waals surface area contributed by atoms with Crippen LogP contribution < -0.4 is 5.32 Å². The summed E-state index contributed by atoms with van der Waals surface area (Å²) in [4.78, 5) is 19.1. The number of ether oxygens (including phenoxy) is 1. The summed E-state index contributed by atoms with van der Waals surface area (Å²) in [5, 5.41) is 2.96. The molecule has 1 aromatic carbocycles. The highest BCUT2D eigenvalue weighted by molar-refractivity contribution is 6.03. The third-order valence-electron chi connectivity index (χ3n) is 4.11. The highest BCUT2D eigenvalue weighted by atomic mass is 16.5. The number of carbonyl (C=O) groups is 1. The number of nitrogens with one attached hydrogen (secondary N) is 1. The molecule has 0 bridgehead atoms. The first-order valence-corrected chi connectivity index (χ1v) is 8.33. The monoisotopic (exact) mass is 329 g/mol. The maximum absolute atomic E-state index is 12.5. The first-order valence-electron chi connectivity index (χ1n) is 8.33. The number of benzene rings is 1. The van der Waals surface area contributed by atoms with E-state index in [0.717, 1.165) is 44.1 Å². The molecular weight excluding hydrogens is 306 g/mol. The maximum Gasteiger partial charge on any atom is 0.293 e. The summed E-state index contributed by atoms with van der Waals surface area (Å²) in [5.41, 5.74) is 2.51. The molecule has 0 atom stereocenters. The fourth-order valence-corrected chi connectivity index (χ4v) is 2.77. The molecule has 0 unspecified atom stereocenters. The maximum atomic E-state index is 12.5. The summed E-state index contributed by atoms with van der Waals surface area (Å²) in [5.74, 6) is 0.612. The fraction of sp³-hybridized carbons (Fsp3) is 0.444. The zero-order chi connectivity index (χ0) is 16.9. The number of hydrogen-bond acceptors (Lipinski definition) is 5. The molecule has 24 heavy (non-hydrogen) atoms. The smallest absolute Gasteiger partial charge is 0.293 e. The van der Waals surface area contributed by atoms with Crippen LogP contribution in [-0.4, -0.2) is 42.1 Å². The van der Waals surface area contributed by atoms with Gasteiger partial charge in [0.2, 0.25) is 5.76 Å². The molecule has 0 saturated carbocycles. The van der Waals surface area contributed by atoms with Crippen molar-refractivity contribution in [1.29, 1.82) is 0 Å². The van der Waals surface area contributed by atoms with E-state index in [1.807, 2.05) is 31.2 Å². The Morgan fingerprint density at radius 3 is 2.75 bits per heavy atom. The molecule has 0 spiro atoms. The summed E-state index contributed by atoms with van der Waals surface area (Å²) in [6.07, 6.45) is 0.668. The molecule has 1 amide bonds. The number of amides is 1. The van der Waals surface area contributed by atoms with Gasteiger partial charge in [-0.15, -0.1) is 0 Å². The van der Waals surface area contributed by atoms with E-state index in [1.54, 1.807) is 6.92 Å². The second-order valence-corrected chi connectivity index (χ2v) is 5.88. The lowest BCUT2D eigenvalue weighted by molar-refractivity contribution is 0.0342. The quantitative estimate of drug-likeness (QED) is 0.913. The Labute approximate surface area is 141 Å². The van der Waals surface area contributed by atoms with Crippen molar-refractivity contribution in [3.05, 3.63) is 47.2 Å². The van der Waals surface area contributed by atoms with Crippen molar-refractivity contribution >= 4 is 11.6 Å². The molecule has 0 aliphatic carbocycles. The number of morpholine rings is 1. The van der Waals surface area contributed by atoms with Gasteiger partial charge in [0.1, 0.15) is 0 Å². The summed E-state index contributed by atoms with van der Waals surface area (Å²) in [7, 11) is 0.